The highest BCUT2D eigenvalue weighted by molar-refractivity contribution is 5.69. The molecule has 1 unspecified atom stereocenters. The molecule has 0 aromatic rings. The van der Waals surface area contributed by atoms with Gasteiger partial charge < -0.3 is 4.74 Å². The van der Waals surface area contributed by atoms with Gasteiger partial charge >= 0.3 is 5.97 Å². The average Bonchev–Trinajstić information content (AvgIpc) is 2.25. The van der Waals surface area contributed by atoms with Crippen LogP contribution in [-0.2, 0) is 9.53 Å². The Hall–Kier alpha value is -1.05. The Balaban J connectivity index is 3.95. The van der Waals surface area contributed by atoms with Gasteiger partial charge in [0.1, 0.15) is 0 Å². The van der Waals surface area contributed by atoms with Crippen molar-refractivity contribution < 1.29 is 9.53 Å². The van der Waals surface area contributed by atoms with E-state index in [9.17, 15) is 4.79 Å². The highest BCUT2D eigenvalue weighted by atomic mass is 16.5. The summed E-state index contributed by atoms with van der Waals surface area (Å²) in [6.45, 7) is 7.97. The van der Waals surface area contributed by atoms with Crippen molar-refractivity contribution in [1.82, 2.24) is 0 Å². The zero-order valence-corrected chi connectivity index (χ0v) is 10.2. The van der Waals surface area contributed by atoms with Gasteiger partial charge in [0.2, 0.25) is 0 Å². The molecular formula is C13H22O2. The van der Waals surface area contributed by atoms with E-state index in [4.69, 9.17) is 4.74 Å². The normalized spacial score (nSPS) is 14.3. The molecule has 0 saturated heterocycles. The van der Waals surface area contributed by atoms with E-state index >= 15 is 0 Å². The fourth-order valence-corrected chi connectivity index (χ4v) is 1.10. The van der Waals surface area contributed by atoms with Crippen molar-refractivity contribution in [3.63, 3.8) is 0 Å². The van der Waals surface area contributed by atoms with E-state index in [-0.39, 0.29) is 5.97 Å². The predicted molar refractivity (Wildman–Crippen MR) is 63.4 cm³/mol. The zero-order valence-electron chi connectivity index (χ0n) is 10.2. The second-order valence-corrected chi connectivity index (χ2v) is 3.75. The lowest BCUT2D eigenvalue weighted by Gasteiger charge is -2.10. The number of allylic oxidation sites excluding steroid dienone is 3. The molecule has 0 fully saturated rings. The minimum atomic E-state index is -0.171. The summed E-state index contributed by atoms with van der Waals surface area (Å²) >= 11 is 0. The van der Waals surface area contributed by atoms with Crippen molar-refractivity contribution in [3.05, 3.63) is 24.0 Å². The number of hydrogen-bond donors (Lipinski definition) is 0. The number of carbonyl (C=O) groups is 1. The van der Waals surface area contributed by atoms with Crippen LogP contribution in [-0.4, -0.2) is 5.97 Å². The number of hydrogen-bond acceptors (Lipinski definition) is 2. The Bertz CT molecular complexity index is 239. The summed E-state index contributed by atoms with van der Waals surface area (Å²) < 4.78 is 4.96. The van der Waals surface area contributed by atoms with Gasteiger partial charge in [-0.25, -0.2) is 0 Å². The molecule has 0 rings (SSSR count). The average molecular weight is 210 g/mol. The maximum Gasteiger partial charge on any atom is 0.310 e. The summed E-state index contributed by atoms with van der Waals surface area (Å²) in [7, 11) is 0. The minimum absolute atomic E-state index is 0.171. The van der Waals surface area contributed by atoms with Crippen LogP contribution in [0.4, 0.5) is 0 Å². The van der Waals surface area contributed by atoms with Gasteiger partial charge in [0.25, 0.3) is 0 Å². The van der Waals surface area contributed by atoms with Crippen LogP contribution in [0, 0.1) is 5.92 Å². The molecule has 0 aliphatic heterocycles. The van der Waals surface area contributed by atoms with E-state index in [1.165, 1.54) is 0 Å². The summed E-state index contributed by atoms with van der Waals surface area (Å²) in [5.41, 5.74) is 1.13. The molecule has 0 spiro atoms. The van der Waals surface area contributed by atoms with E-state index in [2.05, 4.69) is 19.1 Å². The monoisotopic (exact) mass is 210 g/mol. The van der Waals surface area contributed by atoms with Crippen LogP contribution in [0.25, 0.3) is 0 Å². The van der Waals surface area contributed by atoms with Crippen LogP contribution in [0.1, 0.15) is 47.0 Å². The number of ether oxygens (including phenoxy) is 1. The van der Waals surface area contributed by atoms with E-state index in [0.717, 1.165) is 18.4 Å². The van der Waals surface area contributed by atoms with Crippen molar-refractivity contribution >= 4 is 5.97 Å². The Morgan fingerprint density at radius 2 is 2.13 bits per heavy atom. The van der Waals surface area contributed by atoms with E-state index in [1.807, 2.05) is 13.8 Å². The van der Waals surface area contributed by atoms with Crippen LogP contribution in [0.3, 0.4) is 0 Å². The fourth-order valence-electron chi connectivity index (χ4n) is 1.10. The van der Waals surface area contributed by atoms with Gasteiger partial charge in [-0.1, -0.05) is 26.0 Å². The molecule has 0 radical (unpaired) electrons. The van der Waals surface area contributed by atoms with Crippen LogP contribution >= 0.6 is 0 Å². The Morgan fingerprint density at radius 3 is 2.67 bits per heavy atom. The summed E-state index contributed by atoms with van der Waals surface area (Å²) in [4.78, 5) is 10.9. The van der Waals surface area contributed by atoms with Gasteiger partial charge in [-0.3, -0.25) is 4.79 Å². The quantitative estimate of drug-likeness (QED) is 0.378. The Labute approximate surface area is 93.0 Å². The lowest BCUT2D eigenvalue weighted by molar-refractivity contribution is -0.137. The maximum absolute atomic E-state index is 10.9. The number of esters is 1. The zero-order chi connectivity index (χ0) is 11.7. The van der Waals surface area contributed by atoms with E-state index in [1.54, 1.807) is 13.2 Å². The van der Waals surface area contributed by atoms with Crippen molar-refractivity contribution in [2.24, 2.45) is 5.92 Å². The van der Waals surface area contributed by atoms with E-state index < -0.39 is 0 Å². The molecule has 0 saturated carbocycles. The molecule has 15 heavy (non-hydrogen) atoms. The first-order chi connectivity index (χ1) is 7.11. The summed E-state index contributed by atoms with van der Waals surface area (Å²) in [6.07, 6.45) is 8.40. The molecule has 0 bridgehead atoms. The molecule has 2 heteroatoms. The standard InChI is InChI=1S/C13H22O2/c1-5-7-8-9-11(3)12(4)10-15-13(14)6-2/h5,7,10-11H,6,8-9H2,1-4H3/b7-5+,12-10+. The maximum atomic E-state index is 10.9. The van der Waals surface area contributed by atoms with Crippen LogP contribution in [0.2, 0.25) is 0 Å². The Morgan fingerprint density at radius 1 is 1.47 bits per heavy atom. The van der Waals surface area contributed by atoms with Gasteiger partial charge in [0.05, 0.1) is 6.26 Å². The molecule has 1 atom stereocenters. The Kier molecular flexibility index (Phi) is 7.69. The van der Waals surface area contributed by atoms with Crippen molar-refractivity contribution in [1.29, 1.82) is 0 Å². The number of carbonyl (C=O) groups excluding carboxylic acids is 1. The molecule has 0 N–H and O–H groups in total. The molecule has 0 aliphatic carbocycles. The minimum Gasteiger partial charge on any atom is -0.435 e. The molecule has 0 amide bonds. The van der Waals surface area contributed by atoms with Crippen LogP contribution in [0.5, 0.6) is 0 Å². The largest absolute Gasteiger partial charge is 0.435 e. The van der Waals surface area contributed by atoms with Gasteiger partial charge in [-0.05, 0) is 38.2 Å². The molecule has 0 aromatic heterocycles. The summed E-state index contributed by atoms with van der Waals surface area (Å²) in [5.74, 6) is 0.292. The SMILES string of the molecule is C/C=C/CCC(C)/C(C)=C/OC(=O)CC. The highest BCUT2D eigenvalue weighted by Gasteiger charge is 2.04. The first-order valence-electron chi connectivity index (χ1n) is 5.59. The summed E-state index contributed by atoms with van der Waals surface area (Å²) in [5, 5.41) is 0. The van der Waals surface area contributed by atoms with Crippen molar-refractivity contribution in [2.45, 2.75) is 47.0 Å². The molecular weight excluding hydrogens is 188 g/mol. The molecule has 0 aromatic carbocycles. The van der Waals surface area contributed by atoms with Gasteiger partial charge in [-0.2, -0.15) is 0 Å². The first-order valence-corrected chi connectivity index (χ1v) is 5.59. The fraction of sp³-hybridized carbons (Fsp3) is 0.615. The molecule has 2 nitrogen and oxygen atoms in total. The van der Waals surface area contributed by atoms with Crippen molar-refractivity contribution in [2.75, 3.05) is 0 Å². The third-order valence-electron chi connectivity index (χ3n) is 2.44. The molecule has 0 heterocycles. The first kappa shape index (κ1) is 13.9. The van der Waals surface area contributed by atoms with Gasteiger partial charge in [0.15, 0.2) is 0 Å². The molecule has 86 valence electrons. The topological polar surface area (TPSA) is 26.3 Å². The second-order valence-electron chi connectivity index (χ2n) is 3.75. The van der Waals surface area contributed by atoms with Gasteiger partial charge in [0, 0.05) is 6.42 Å². The van der Waals surface area contributed by atoms with Crippen LogP contribution < -0.4 is 0 Å². The lowest BCUT2D eigenvalue weighted by atomic mass is 9.98. The molecule has 0 aliphatic rings. The smallest absolute Gasteiger partial charge is 0.310 e. The van der Waals surface area contributed by atoms with Crippen LogP contribution in [0.15, 0.2) is 24.0 Å². The number of rotatable bonds is 6. The van der Waals surface area contributed by atoms with Crippen molar-refractivity contribution in [3.8, 4) is 0 Å². The van der Waals surface area contributed by atoms with Gasteiger partial charge in [-0.15, -0.1) is 0 Å². The predicted octanol–water partition coefficient (Wildman–Crippen LogP) is 3.84. The highest BCUT2D eigenvalue weighted by Crippen LogP contribution is 2.16. The third-order valence-corrected chi connectivity index (χ3v) is 2.44. The third kappa shape index (κ3) is 6.95. The summed E-state index contributed by atoms with van der Waals surface area (Å²) in [6, 6.07) is 0. The van der Waals surface area contributed by atoms with E-state index in [0.29, 0.717) is 12.3 Å². The second kappa shape index (κ2) is 8.27. The lowest BCUT2D eigenvalue weighted by Crippen LogP contribution is -2.00.